The first-order valence-corrected chi connectivity index (χ1v) is 10.0. The molecule has 0 saturated heterocycles. The fourth-order valence-corrected chi connectivity index (χ4v) is 4.19. The first kappa shape index (κ1) is 19.3. The maximum Gasteiger partial charge on any atom is 0.248 e. The summed E-state index contributed by atoms with van der Waals surface area (Å²) in [6, 6.07) is 15.2. The van der Waals surface area contributed by atoms with Crippen molar-refractivity contribution >= 4 is 0 Å². The van der Waals surface area contributed by atoms with Gasteiger partial charge in [-0.3, -0.25) is 14.4 Å². The zero-order valence-electron chi connectivity index (χ0n) is 17.0. The van der Waals surface area contributed by atoms with Crippen molar-refractivity contribution in [1.82, 2.24) is 19.7 Å². The number of rotatable bonds is 4. The van der Waals surface area contributed by atoms with E-state index in [9.17, 15) is 14.3 Å². The molecule has 156 valence electrons. The summed E-state index contributed by atoms with van der Waals surface area (Å²) in [6.07, 6.45) is 1.55. The van der Waals surface area contributed by atoms with Crippen LogP contribution in [-0.4, -0.2) is 31.8 Å². The third-order valence-electron chi connectivity index (χ3n) is 5.59. The van der Waals surface area contributed by atoms with Gasteiger partial charge in [-0.2, -0.15) is 5.10 Å². The van der Waals surface area contributed by atoms with E-state index in [1.807, 2.05) is 29.9 Å². The molecule has 0 aliphatic carbocycles. The standard InChI is InChI=1S/C24H21FN4O2/c1-28-13-19-21(14-28)27-29(24(19)17-4-2-3-5-20(17)25)12-15-6-7-22(30)18(10-15)16-8-9-26-23(31)11-16/h2-11,30H,12-14H2,1H3,(H,26,31). The van der Waals surface area contributed by atoms with Crippen molar-refractivity contribution in [3.8, 4) is 28.1 Å². The Labute approximate surface area is 178 Å². The molecule has 0 bridgehead atoms. The molecule has 5 rings (SSSR count). The molecule has 1 aliphatic heterocycles. The Hall–Kier alpha value is -3.71. The summed E-state index contributed by atoms with van der Waals surface area (Å²) in [5.74, 6) is -0.191. The number of nitrogens with zero attached hydrogens (tertiary/aromatic N) is 3. The quantitative estimate of drug-likeness (QED) is 0.532. The summed E-state index contributed by atoms with van der Waals surface area (Å²) in [7, 11) is 2.02. The third kappa shape index (κ3) is 3.53. The number of phenolic OH excluding ortho intramolecular Hbond substituents is 1. The minimum atomic E-state index is -0.282. The van der Waals surface area contributed by atoms with Crippen LogP contribution in [0.5, 0.6) is 5.75 Å². The van der Waals surface area contributed by atoms with Crippen LogP contribution in [0.2, 0.25) is 0 Å². The van der Waals surface area contributed by atoms with E-state index in [1.54, 1.807) is 30.5 Å². The van der Waals surface area contributed by atoms with Crippen molar-refractivity contribution in [2.45, 2.75) is 19.6 Å². The van der Waals surface area contributed by atoms with Gasteiger partial charge in [0.1, 0.15) is 11.6 Å². The maximum atomic E-state index is 14.7. The molecular weight excluding hydrogens is 395 g/mol. The molecular formula is C24H21FN4O2. The average molecular weight is 416 g/mol. The van der Waals surface area contributed by atoms with Crippen LogP contribution in [0.25, 0.3) is 22.4 Å². The number of hydrogen-bond donors (Lipinski definition) is 2. The molecule has 0 fully saturated rings. The topological polar surface area (TPSA) is 74.2 Å². The minimum Gasteiger partial charge on any atom is -0.507 e. The molecule has 2 N–H and O–H groups in total. The third-order valence-corrected chi connectivity index (χ3v) is 5.59. The van der Waals surface area contributed by atoms with Gasteiger partial charge in [-0.05, 0) is 48.5 Å². The van der Waals surface area contributed by atoms with Gasteiger partial charge in [0.15, 0.2) is 0 Å². The molecule has 2 aromatic carbocycles. The second kappa shape index (κ2) is 7.52. The highest BCUT2D eigenvalue weighted by Gasteiger charge is 2.27. The van der Waals surface area contributed by atoms with Gasteiger partial charge in [-0.1, -0.05) is 18.2 Å². The lowest BCUT2D eigenvalue weighted by Gasteiger charge is -2.14. The van der Waals surface area contributed by atoms with Gasteiger partial charge < -0.3 is 10.1 Å². The van der Waals surface area contributed by atoms with Gasteiger partial charge in [-0.25, -0.2) is 4.39 Å². The molecule has 3 heterocycles. The Morgan fingerprint density at radius 2 is 1.94 bits per heavy atom. The second-order valence-electron chi connectivity index (χ2n) is 7.88. The molecule has 1 aliphatic rings. The van der Waals surface area contributed by atoms with E-state index in [0.717, 1.165) is 29.1 Å². The smallest absolute Gasteiger partial charge is 0.248 e. The average Bonchev–Trinajstić information content (AvgIpc) is 3.25. The number of H-pyrrole nitrogens is 1. The highest BCUT2D eigenvalue weighted by Crippen LogP contribution is 2.35. The van der Waals surface area contributed by atoms with Crippen LogP contribution in [0.15, 0.2) is 65.6 Å². The lowest BCUT2D eigenvalue weighted by molar-refractivity contribution is 0.346. The minimum absolute atomic E-state index is 0.0910. The first-order valence-electron chi connectivity index (χ1n) is 10.0. The van der Waals surface area contributed by atoms with Crippen LogP contribution < -0.4 is 5.56 Å². The lowest BCUT2D eigenvalue weighted by Crippen LogP contribution is -2.13. The van der Waals surface area contributed by atoms with E-state index in [2.05, 4.69) is 9.88 Å². The molecule has 0 radical (unpaired) electrons. The molecule has 0 spiro atoms. The molecule has 7 heteroatoms. The molecule has 31 heavy (non-hydrogen) atoms. The molecule has 2 aromatic heterocycles. The Kier molecular flexibility index (Phi) is 4.67. The van der Waals surface area contributed by atoms with Gasteiger partial charge in [0.2, 0.25) is 5.56 Å². The van der Waals surface area contributed by atoms with E-state index < -0.39 is 0 Å². The predicted octanol–water partition coefficient (Wildman–Crippen LogP) is 3.74. The molecule has 0 unspecified atom stereocenters. The van der Waals surface area contributed by atoms with Gasteiger partial charge in [0.05, 0.1) is 17.9 Å². The highest BCUT2D eigenvalue weighted by molar-refractivity contribution is 5.70. The van der Waals surface area contributed by atoms with Crippen molar-refractivity contribution in [1.29, 1.82) is 0 Å². The molecule has 4 aromatic rings. The van der Waals surface area contributed by atoms with E-state index in [-0.39, 0.29) is 17.1 Å². The van der Waals surface area contributed by atoms with Crippen molar-refractivity contribution in [2.75, 3.05) is 7.05 Å². The Balaban J connectivity index is 1.59. The number of aromatic hydroxyl groups is 1. The van der Waals surface area contributed by atoms with Crippen LogP contribution >= 0.6 is 0 Å². The normalized spacial score (nSPS) is 13.5. The fraction of sp³-hybridized carbons (Fsp3) is 0.167. The lowest BCUT2D eigenvalue weighted by atomic mass is 10.0. The molecule has 6 nitrogen and oxygen atoms in total. The van der Waals surface area contributed by atoms with E-state index in [1.165, 1.54) is 12.1 Å². The summed E-state index contributed by atoms with van der Waals surface area (Å²) in [6.45, 7) is 1.85. The number of fused-ring (bicyclic) bond motifs is 1. The van der Waals surface area contributed by atoms with Gasteiger partial charge in [0.25, 0.3) is 0 Å². The summed E-state index contributed by atoms with van der Waals surface area (Å²) in [4.78, 5) is 16.4. The van der Waals surface area contributed by atoms with Crippen LogP contribution in [-0.2, 0) is 19.6 Å². The Bertz CT molecular complexity index is 1340. The van der Waals surface area contributed by atoms with E-state index >= 15 is 0 Å². The van der Waals surface area contributed by atoms with Crippen LogP contribution in [0, 0.1) is 5.82 Å². The second-order valence-corrected chi connectivity index (χ2v) is 7.88. The highest BCUT2D eigenvalue weighted by atomic mass is 19.1. The summed E-state index contributed by atoms with van der Waals surface area (Å²) in [5.41, 5.74) is 5.15. The largest absolute Gasteiger partial charge is 0.507 e. The zero-order chi connectivity index (χ0) is 21.5. The van der Waals surface area contributed by atoms with Crippen molar-refractivity contribution in [2.24, 2.45) is 0 Å². The van der Waals surface area contributed by atoms with Crippen LogP contribution in [0.1, 0.15) is 16.8 Å². The first-order chi connectivity index (χ1) is 15.0. The fourth-order valence-electron chi connectivity index (χ4n) is 4.19. The van der Waals surface area contributed by atoms with E-state index in [0.29, 0.717) is 29.8 Å². The molecule has 0 atom stereocenters. The monoisotopic (exact) mass is 416 g/mol. The van der Waals surface area contributed by atoms with Crippen LogP contribution in [0.4, 0.5) is 4.39 Å². The Morgan fingerprint density at radius 3 is 2.74 bits per heavy atom. The number of aromatic amines is 1. The summed E-state index contributed by atoms with van der Waals surface area (Å²) < 4.78 is 16.5. The number of phenols is 1. The SMILES string of the molecule is CN1Cc2nn(Cc3ccc(O)c(-c4cc[nH]c(=O)c4)c3)c(-c3ccccc3F)c2C1. The van der Waals surface area contributed by atoms with Gasteiger partial charge in [0, 0.05) is 42.0 Å². The number of hydrogen-bond acceptors (Lipinski definition) is 4. The number of halogens is 1. The van der Waals surface area contributed by atoms with Gasteiger partial charge in [-0.15, -0.1) is 0 Å². The predicted molar refractivity (Wildman–Crippen MR) is 116 cm³/mol. The molecule has 0 saturated carbocycles. The van der Waals surface area contributed by atoms with Crippen molar-refractivity contribution < 1.29 is 9.50 Å². The zero-order valence-corrected chi connectivity index (χ0v) is 17.0. The van der Waals surface area contributed by atoms with E-state index in [4.69, 9.17) is 5.10 Å². The van der Waals surface area contributed by atoms with Crippen LogP contribution in [0.3, 0.4) is 0 Å². The van der Waals surface area contributed by atoms with Gasteiger partial charge >= 0.3 is 0 Å². The number of aromatic nitrogens is 3. The number of pyridine rings is 1. The van der Waals surface area contributed by atoms with Crippen molar-refractivity contribution in [3.05, 3.63) is 93.8 Å². The Morgan fingerprint density at radius 1 is 1.10 bits per heavy atom. The number of benzene rings is 2. The number of nitrogens with one attached hydrogen (secondary N) is 1. The van der Waals surface area contributed by atoms with Crippen molar-refractivity contribution in [3.63, 3.8) is 0 Å². The maximum absolute atomic E-state index is 14.7. The molecule has 0 amide bonds. The summed E-state index contributed by atoms with van der Waals surface area (Å²) >= 11 is 0. The summed E-state index contributed by atoms with van der Waals surface area (Å²) in [5, 5.41) is 15.1.